The van der Waals surface area contributed by atoms with Gasteiger partial charge in [-0.3, -0.25) is 0 Å². The Bertz CT molecular complexity index is 310. The molecule has 0 aliphatic carbocycles. The Morgan fingerprint density at radius 1 is 1.13 bits per heavy atom. The second-order valence-corrected chi connectivity index (χ2v) is 4.49. The lowest BCUT2D eigenvalue weighted by atomic mass is 9.84. The zero-order valence-corrected chi connectivity index (χ0v) is 9.33. The monoisotopic (exact) mass is 205 g/mol. The molecule has 0 saturated carbocycles. The van der Waals surface area contributed by atoms with Gasteiger partial charge in [-0.1, -0.05) is 29.8 Å². The minimum absolute atomic E-state index is 0.176. The highest BCUT2D eigenvalue weighted by Crippen LogP contribution is 2.29. The minimum atomic E-state index is -0.176. The summed E-state index contributed by atoms with van der Waals surface area (Å²) in [5.74, 6) is 0. The molecule has 2 N–H and O–H groups in total. The first-order valence-electron chi connectivity index (χ1n) is 5.64. The lowest BCUT2D eigenvalue weighted by molar-refractivity contribution is 0.139. The van der Waals surface area contributed by atoms with Gasteiger partial charge in [0.25, 0.3) is 0 Å². The third kappa shape index (κ3) is 2.39. The van der Waals surface area contributed by atoms with Gasteiger partial charge in [0.2, 0.25) is 0 Å². The van der Waals surface area contributed by atoms with E-state index in [2.05, 4.69) is 31.2 Å². The van der Waals surface area contributed by atoms with Crippen LogP contribution in [0.1, 0.15) is 30.4 Å². The number of hydrogen-bond acceptors (Lipinski definition) is 2. The lowest BCUT2D eigenvalue weighted by Gasteiger charge is -2.28. The van der Waals surface area contributed by atoms with Crippen molar-refractivity contribution >= 4 is 0 Å². The summed E-state index contributed by atoms with van der Waals surface area (Å²) in [5, 5.41) is 0. The summed E-state index contributed by atoms with van der Waals surface area (Å²) in [5.41, 5.74) is 8.81. The predicted molar refractivity (Wildman–Crippen MR) is 61.7 cm³/mol. The van der Waals surface area contributed by atoms with Crippen LogP contribution in [0.3, 0.4) is 0 Å². The SMILES string of the molecule is Cc1ccc(C2(N)CCCOCC2)cc1. The van der Waals surface area contributed by atoms with Crippen LogP contribution < -0.4 is 5.73 Å². The van der Waals surface area contributed by atoms with E-state index >= 15 is 0 Å². The molecule has 1 fully saturated rings. The molecule has 1 saturated heterocycles. The molecule has 82 valence electrons. The summed E-state index contributed by atoms with van der Waals surface area (Å²) < 4.78 is 5.46. The highest BCUT2D eigenvalue weighted by molar-refractivity contribution is 5.27. The van der Waals surface area contributed by atoms with Crippen molar-refractivity contribution in [3.63, 3.8) is 0 Å². The zero-order valence-electron chi connectivity index (χ0n) is 9.33. The Hall–Kier alpha value is -0.860. The van der Waals surface area contributed by atoms with E-state index in [4.69, 9.17) is 10.5 Å². The van der Waals surface area contributed by atoms with E-state index in [0.717, 1.165) is 32.5 Å². The quantitative estimate of drug-likeness (QED) is 0.763. The first-order valence-corrected chi connectivity index (χ1v) is 5.64. The average molecular weight is 205 g/mol. The topological polar surface area (TPSA) is 35.2 Å². The van der Waals surface area contributed by atoms with E-state index in [-0.39, 0.29) is 5.54 Å². The van der Waals surface area contributed by atoms with Gasteiger partial charge in [0.15, 0.2) is 0 Å². The van der Waals surface area contributed by atoms with Gasteiger partial charge in [-0.05, 0) is 31.7 Å². The van der Waals surface area contributed by atoms with E-state index in [1.807, 2.05) is 0 Å². The van der Waals surface area contributed by atoms with E-state index in [1.165, 1.54) is 11.1 Å². The van der Waals surface area contributed by atoms with E-state index in [9.17, 15) is 0 Å². The minimum Gasteiger partial charge on any atom is -0.381 e. The van der Waals surface area contributed by atoms with E-state index < -0.39 is 0 Å². The summed E-state index contributed by atoms with van der Waals surface area (Å²) in [6.45, 7) is 3.73. The molecule has 2 rings (SSSR count). The largest absolute Gasteiger partial charge is 0.381 e. The molecule has 1 heterocycles. The van der Waals surface area contributed by atoms with Gasteiger partial charge in [0.05, 0.1) is 0 Å². The Balaban J connectivity index is 2.22. The highest BCUT2D eigenvalue weighted by atomic mass is 16.5. The Kier molecular flexibility index (Phi) is 3.08. The molecule has 2 nitrogen and oxygen atoms in total. The molecule has 0 amide bonds. The van der Waals surface area contributed by atoms with Crippen molar-refractivity contribution in [3.05, 3.63) is 35.4 Å². The van der Waals surface area contributed by atoms with Crippen molar-refractivity contribution in [2.75, 3.05) is 13.2 Å². The van der Waals surface area contributed by atoms with Crippen LogP contribution in [0.15, 0.2) is 24.3 Å². The summed E-state index contributed by atoms with van der Waals surface area (Å²) in [6, 6.07) is 8.58. The molecule has 1 aliphatic heterocycles. The summed E-state index contributed by atoms with van der Waals surface area (Å²) >= 11 is 0. The Morgan fingerprint density at radius 3 is 2.60 bits per heavy atom. The van der Waals surface area contributed by atoms with Gasteiger partial charge in [-0.25, -0.2) is 0 Å². The van der Waals surface area contributed by atoms with Gasteiger partial charge in [0, 0.05) is 18.8 Å². The van der Waals surface area contributed by atoms with Crippen LogP contribution in [-0.2, 0) is 10.3 Å². The maximum atomic E-state index is 6.45. The molecule has 1 aromatic carbocycles. The van der Waals surface area contributed by atoms with Crippen molar-refractivity contribution in [3.8, 4) is 0 Å². The zero-order chi connectivity index (χ0) is 10.7. The van der Waals surface area contributed by atoms with Gasteiger partial charge in [-0.2, -0.15) is 0 Å². The van der Waals surface area contributed by atoms with Crippen LogP contribution in [0, 0.1) is 6.92 Å². The number of ether oxygens (including phenoxy) is 1. The van der Waals surface area contributed by atoms with Crippen LogP contribution in [0.2, 0.25) is 0 Å². The molecule has 1 aliphatic rings. The Labute approximate surface area is 91.4 Å². The molecule has 1 unspecified atom stereocenters. The fourth-order valence-corrected chi connectivity index (χ4v) is 2.15. The van der Waals surface area contributed by atoms with E-state index in [0.29, 0.717) is 0 Å². The van der Waals surface area contributed by atoms with Crippen molar-refractivity contribution in [2.45, 2.75) is 31.7 Å². The molecular formula is C13H19NO. The van der Waals surface area contributed by atoms with Crippen molar-refractivity contribution in [1.29, 1.82) is 0 Å². The number of hydrogen-bond donors (Lipinski definition) is 1. The number of benzene rings is 1. The van der Waals surface area contributed by atoms with Crippen LogP contribution in [-0.4, -0.2) is 13.2 Å². The molecule has 0 spiro atoms. The second kappa shape index (κ2) is 4.33. The number of aryl methyl sites for hydroxylation is 1. The lowest BCUT2D eigenvalue weighted by Crippen LogP contribution is -2.36. The average Bonchev–Trinajstić information content (AvgIpc) is 2.45. The molecule has 15 heavy (non-hydrogen) atoms. The first kappa shape index (κ1) is 10.7. The second-order valence-electron chi connectivity index (χ2n) is 4.49. The van der Waals surface area contributed by atoms with Crippen LogP contribution >= 0.6 is 0 Å². The maximum absolute atomic E-state index is 6.45. The molecule has 0 radical (unpaired) electrons. The van der Waals surface area contributed by atoms with Gasteiger partial charge < -0.3 is 10.5 Å². The summed E-state index contributed by atoms with van der Waals surface area (Å²) in [6.07, 6.45) is 3.01. The van der Waals surface area contributed by atoms with Gasteiger partial charge in [0.1, 0.15) is 0 Å². The van der Waals surface area contributed by atoms with Crippen LogP contribution in [0.25, 0.3) is 0 Å². The smallest absolute Gasteiger partial charge is 0.0486 e. The van der Waals surface area contributed by atoms with Crippen molar-refractivity contribution < 1.29 is 4.74 Å². The van der Waals surface area contributed by atoms with Gasteiger partial charge in [-0.15, -0.1) is 0 Å². The molecular weight excluding hydrogens is 186 g/mol. The summed E-state index contributed by atoms with van der Waals surface area (Å²) in [4.78, 5) is 0. The molecule has 2 heteroatoms. The molecule has 1 atom stereocenters. The number of nitrogens with two attached hydrogens (primary N) is 1. The summed E-state index contributed by atoms with van der Waals surface area (Å²) in [7, 11) is 0. The first-order chi connectivity index (χ1) is 7.21. The third-order valence-electron chi connectivity index (χ3n) is 3.23. The van der Waals surface area contributed by atoms with Crippen LogP contribution in [0.5, 0.6) is 0 Å². The Morgan fingerprint density at radius 2 is 1.87 bits per heavy atom. The maximum Gasteiger partial charge on any atom is 0.0486 e. The standard InChI is InChI=1S/C13H19NO/c1-11-3-5-12(6-4-11)13(14)7-2-9-15-10-8-13/h3-6H,2,7-10,14H2,1H3. The van der Waals surface area contributed by atoms with Crippen molar-refractivity contribution in [2.24, 2.45) is 5.73 Å². The molecule has 0 bridgehead atoms. The highest BCUT2D eigenvalue weighted by Gasteiger charge is 2.28. The van der Waals surface area contributed by atoms with Crippen molar-refractivity contribution in [1.82, 2.24) is 0 Å². The van der Waals surface area contributed by atoms with Gasteiger partial charge >= 0.3 is 0 Å². The van der Waals surface area contributed by atoms with E-state index in [1.54, 1.807) is 0 Å². The molecule has 1 aromatic rings. The fraction of sp³-hybridized carbons (Fsp3) is 0.538. The predicted octanol–water partition coefficient (Wildman–Crippen LogP) is 2.35. The fourth-order valence-electron chi connectivity index (χ4n) is 2.15. The van der Waals surface area contributed by atoms with Crippen LogP contribution in [0.4, 0.5) is 0 Å². The molecule has 0 aromatic heterocycles. The third-order valence-corrected chi connectivity index (χ3v) is 3.23. The number of rotatable bonds is 1. The normalized spacial score (nSPS) is 27.3.